The maximum atomic E-state index is 12.5. The highest BCUT2D eigenvalue weighted by Crippen LogP contribution is 2.37. The molecule has 1 aromatic heterocycles. The quantitative estimate of drug-likeness (QED) is 0.855. The maximum absolute atomic E-state index is 12.5. The monoisotopic (exact) mass is 385 g/mol. The van der Waals surface area contributed by atoms with E-state index in [9.17, 15) is 13.2 Å². The predicted molar refractivity (Wildman–Crippen MR) is 100 cm³/mol. The normalized spacial score (nSPS) is 20.4. The van der Waals surface area contributed by atoms with Gasteiger partial charge in [-0.1, -0.05) is 44.5 Å². The SMILES string of the molecule is CC(C)(C)c1ccc2c(Cl)c(C(=O)NC3CCS(=O)(=O)C3)sc2c1. The number of halogens is 1. The molecule has 1 aliphatic heterocycles. The van der Waals surface area contributed by atoms with Crippen LogP contribution in [-0.4, -0.2) is 31.9 Å². The molecule has 0 spiro atoms. The number of hydrogen-bond acceptors (Lipinski definition) is 4. The lowest BCUT2D eigenvalue weighted by atomic mass is 9.87. The number of carbonyl (C=O) groups excluding carboxylic acids is 1. The molecule has 0 bridgehead atoms. The Hall–Kier alpha value is -1.11. The molecule has 2 aromatic rings. The van der Waals surface area contributed by atoms with Crippen molar-refractivity contribution >= 4 is 48.8 Å². The minimum Gasteiger partial charge on any atom is -0.348 e. The van der Waals surface area contributed by atoms with Crippen LogP contribution in [0.15, 0.2) is 18.2 Å². The Morgan fingerprint density at radius 1 is 1.33 bits per heavy atom. The first-order valence-electron chi connectivity index (χ1n) is 7.81. The fourth-order valence-corrected chi connectivity index (χ4v) is 5.97. The zero-order valence-corrected chi connectivity index (χ0v) is 16.2. The fraction of sp³-hybridized carbons (Fsp3) is 0.471. The van der Waals surface area contributed by atoms with Crippen LogP contribution in [0.5, 0.6) is 0 Å². The van der Waals surface area contributed by atoms with Gasteiger partial charge in [-0.3, -0.25) is 4.79 Å². The first-order chi connectivity index (χ1) is 11.1. The molecule has 0 radical (unpaired) electrons. The van der Waals surface area contributed by atoms with Crippen LogP contribution in [-0.2, 0) is 15.3 Å². The summed E-state index contributed by atoms with van der Waals surface area (Å²) in [5.74, 6) is -0.150. The van der Waals surface area contributed by atoms with Crippen molar-refractivity contribution in [3.63, 3.8) is 0 Å². The van der Waals surface area contributed by atoms with Crippen molar-refractivity contribution in [2.75, 3.05) is 11.5 Å². The standard InChI is InChI=1S/C17H20ClNO3S2/c1-17(2,3)10-4-5-12-13(8-10)23-15(14(12)18)16(20)19-11-6-7-24(21,22)9-11/h4-5,8,11H,6-7,9H2,1-3H3,(H,19,20). The van der Waals surface area contributed by atoms with Gasteiger partial charge in [-0.2, -0.15) is 0 Å². The zero-order chi connectivity index (χ0) is 17.7. The molecule has 0 saturated carbocycles. The highest BCUT2D eigenvalue weighted by Gasteiger charge is 2.30. The van der Waals surface area contributed by atoms with E-state index in [4.69, 9.17) is 11.6 Å². The third-order valence-electron chi connectivity index (χ3n) is 4.27. The molecular formula is C17H20ClNO3S2. The summed E-state index contributed by atoms with van der Waals surface area (Å²) in [6, 6.07) is 5.73. The van der Waals surface area contributed by atoms with E-state index in [0.29, 0.717) is 16.3 Å². The van der Waals surface area contributed by atoms with Gasteiger partial charge in [-0.05, 0) is 23.5 Å². The van der Waals surface area contributed by atoms with Crippen molar-refractivity contribution < 1.29 is 13.2 Å². The van der Waals surface area contributed by atoms with Crippen LogP contribution in [0.2, 0.25) is 5.02 Å². The van der Waals surface area contributed by atoms with Crippen molar-refractivity contribution in [1.29, 1.82) is 0 Å². The second kappa shape index (κ2) is 6.00. The molecule has 7 heteroatoms. The summed E-state index contributed by atoms with van der Waals surface area (Å²) in [5.41, 5.74) is 1.20. The maximum Gasteiger partial charge on any atom is 0.263 e. The van der Waals surface area contributed by atoms with Crippen molar-refractivity contribution in [2.24, 2.45) is 0 Å². The first kappa shape index (κ1) is 17.7. The number of rotatable bonds is 2. The summed E-state index contributed by atoms with van der Waals surface area (Å²) >= 11 is 7.74. The van der Waals surface area contributed by atoms with Crippen LogP contribution >= 0.6 is 22.9 Å². The molecule has 1 amide bonds. The Bertz CT molecular complexity index is 910. The summed E-state index contributed by atoms with van der Waals surface area (Å²) < 4.78 is 24.0. The molecule has 4 nitrogen and oxygen atoms in total. The van der Waals surface area contributed by atoms with Gasteiger partial charge in [0.05, 0.1) is 16.5 Å². The van der Waals surface area contributed by atoms with Crippen LogP contribution in [0.4, 0.5) is 0 Å². The van der Waals surface area contributed by atoms with Gasteiger partial charge in [0.2, 0.25) is 0 Å². The lowest BCUT2D eigenvalue weighted by molar-refractivity contribution is 0.0945. The lowest BCUT2D eigenvalue weighted by Gasteiger charge is -2.18. The lowest BCUT2D eigenvalue weighted by Crippen LogP contribution is -2.35. The van der Waals surface area contributed by atoms with E-state index in [-0.39, 0.29) is 28.9 Å². The molecule has 0 aliphatic carbocycles. The minimum atomic E-state index is -3.02. The van der Waals surface area contributed by atoms with E-state index < -0.39 is 9.84 Å². The highest BCUT2D eigenvalue weighted by molar-refractivity contribution is 7.91. The molecule has 3 rings (SSSR count). The third-order valence-corrected chi connectivity index (χ3v) is 7.69. The summed E-state index contributed by atoms with van der Waals surface area (Å²) in [6.45, 7) is 6.41. The number of nitrogens with one attached hydrogen (secondary N) is 1. The molecular weight excluding hydrogens is 366 g/mol. The summed E-state index contributed by atoms with van der Waals surface area (Å²) in [6.07, 6.45) is 0.463. The number of amides is 1. The number of hydrogen-bond donors (Lipinski definition) is 1. The number of fused-ring (bicyclic) bond motifs is 1. The molecule has 130 valence electrons. The fourth-order valence-electron chi connectivity index (χ4n) is 2.84. The number of benzene rings is 1. The van der Waals surface area contributed by atoms with Crippen LogP contribution in [0, 0.1) is 0 Å². The largest absolute Gasteiger partial charge is 0.348 e. The number of thiophene rings is 1. The van der Waals surface area contributed by atoms with Crippen LogP contribution < -0.4 is 5.32 Å². The molecule has 1 aliphatic rings. The van der Waals surface area contributed by atoms with E-state index in [2.05, 4.69) is 32.2 Å². The molecule has 1 fully saturated rings. The van der Waals surface area contributed by atoms with Crippen molar-refractivity contribution in [3.05, 3.63) is 33.7 Å². The van der Waals surface area contributed by atoms with Gasteiger partial charge in [0, 0.05) is 16.1 Å². The van der Waals surface area contributed by atoms with Gasteiger partial charge < -0.3 is 5.32 Å². The van der Waals surface area contributed by atoms with Crippen molar-refractivity contribution in [1.82, 2.24) is 5.32 Å². The van der Waals surface area contributed by atoms with E-state index >= 15 is 0 Å². The minimum absolute atomic E-state index is 0.00935. The molecule has 1 saturated heterocycles. The van der Waals surface area contributed by atoms with E-state index in [1.165, 1.54) is 16.9 Å². The summed E-state index contributed by atoms with van der Waals surface area (Å²) in [5, 5.41) is 4.10. The summed E-state index contributed by atoms with van der Waals surface area (Å²) in [7, 11) is -3.02. The average molecular weight is 386 g/mol. The smallest absolute Gasteiger partial charge is 0.263 e. The molecule has 1 unspecified atom stereocenters. The van der Waals surface area contributed by atoms with Crippen LogP contribution in [0.1, 0.15) is 42.4 Å². The predicted octanol–water partition coefficient (Wildman–Crippen LogP) is 3.77. The van der Waals surface area contributed by atoms with Gasteiger partial charge >= 0.3 is 0 Å². The Morgan fingerprint density at radius 3 is 2.62 bits per heavy atom. The van der Waals surface area contributed by atoms with E-state index in [0.717, 1.165) is 10.1 Å². The number of sulfone groups is 1. The van der Waals surface area contributed by atoms with E-state index in [1.54, 1.807) is 0 Å². The second-order valence-electron chi connectivity index (χ2n) is 7.28. The molecule has 1 aromatic carbocycles. The highest BCUT2D eigenvalue weighted by atomic mass is 35.5. The van der Waals surface area contributed by atoms with Gasteiger partial charge in [0.1, 0.15) is 4.88 Å². The van der Waals surface area contributed by atoms with Gasteiger partial charge in [0.25, 0.3) is 5.91 Å². The Kier molecular flexibility index (Phi) is 4.43. The van der Waals surface area contributed by atoms with Gasteiger partial charge in [-0.25, -0.2) is 8.42 Å². The molecule has 2 heterocycles. The van der Waals surface area contributed by atoms with Gasteiger partial charge in [0.15, 0.2) is 9.84 Å². The van der Waals surface area contributed by atoms with Gasteiger partial charge in [-0.15, -0.1) is 11.3 Å². The van der Waals surface area contributed by atoms with Crippen LogP contribution in [0.25, 0.3) is 10.1 Å². The Balaban J connectivity index is 1.89. The number of carbonyl (C=O) groups is 1. The summed E-state index contributed by atoms with van der Waals surface area (Å²) in [4.78, 5) is 13.0. The average Bonchev–Trinajstić information content (AvgIpc) is 2.98. The van der Waals surface area contributed by atoms with Crippen molar-refractivity contribution in [2.45, 2.75) is 38.6 Å². The third kappa shape index (κ3) is 3.46. The molecule has 1 N–H and O–H groups in total. The van der Waals surface area contributed by atoms with E-state index in [1.807, 2.05) is 12.1 Å². The second-order valence-corrected chi connectivity index (χ2v) is 10.9. The van der Waals surface area contributed by atoms with Crippen LogP contribution in [0.3, 0.4) is 0 Å². The Labute approximate surface area is 151 Å². The first-order valence-corrected chi connectivity index (χ1v) is 10.8. The topological polar surface area (TPSA) is 63.2 Å². The molecule has 1 atom stereocenters. The molecule has 24 heavy (non-hydrogen) atoms. The zero-order valence-electron chi connectivity index (χ0n) is 13.8. The Morgan fingerprint density at radius 2 is 2.04 bits per heavy atom. The van der Waals surface area contributed by atoms with Crippen molar-refractivity contribution in [3.8, 4) is 0 Å².